The lowest BCUT2D eigenvalue weighted by Crippen LogP contribution is -2.55. The maximum Gasteiger partial charge on any atom is 0.305 e. The predicted octanol–water partition coefficient (Wildman–Crippen LogP) is -0.841. The number of aliphatic hydroxyl groups is 1. The number of aliphatic hydroxyl groups excluding tert-OH is 1. The molecule has 8 N–H and O–H groups in total. The van der Waals surface area contributed by atoms with Gasteiger partial charge in [-0.1, -0.05) is 54.6 Å². The van der Waals surface area contributed by atoms with E-state index in [0.29, 0.717) is 19.7 Å². The van der Waals surface area contributed by atoms with Gasteiger partial charge in [0.1, 0.15) is 12.3 Å². The molecule has 0 saturated carbocycles. The van der Waals surface area contributed by atoms with E-state index in [4.69, 9.17) is 9.47 Å². The average molecular weight is 702 g/mol. The number of benzene rings is 2. The number of carbonyl (C=O) groups is 4. The van der Waals surface area contributed by atoms with Gasteiger partial charge in [0.15, 0.2) is 0 Å². The lowest BCUT2D eigenvalue weighted by atomic mass is 10.00. The highest BCUT2D eigenvalue weighted by Gasteiger charge is 2.28. The fourth-order valence-electron chi connectivity index (χ4n) is 4.90. The van der Waals surface area contributed by atoms with E-state index >= 15 is 0 Å². The second-order valence-electron chi connectivity index (χ2n) is 11.7. The number of carbonyl (C=O) groups excluding carboxylic acids is 3. The lowest BCUT2D eigenvalue weighted by Gasteiger charge is -2.23. The predicted molar refractivity (Wildman–Crippen MR) is 190 cm³/mol. The number of rotatable bonds is 27. The van der Waals surface area contributed by atoms with E-state index in [9.17, 15) is 29.4 Å². The summed E-state index contributed by atoms with van der Waals surface area (Å²) in [5.74, 6) is -2.63. The molecule has 0 fully saturated rings. The molecular formula is C35H55N7O8. The fourth-order valence-corrected chi connectivity index (χ4v) is 4.90. The summed E-state index contributed by atoms with van der Waals surface area (Å²) in [7, 11) is 3.74. The molecule has 0 spiro atoms. The minimum absolute atomic E-state index is 0.0752. The molecule has 3 atom stereocenters. The number of nitrogens with one attached hydrogen (secondary N) is 6. The summed E-state index contributed by atoms with van der Waals surface area (Å²) in [5, 5.41) is 36.3. The molecule has 0 aliphatic rings. The van der Waals surface area contributed by atoms with Crippen LogP contribution in [0.15, 0.2) is 54.6 Å². The highest BCUT2D eigenvalue weighted by Crippen LogP contribution is 2.20. The van der Waals surface area contributed by atoms with Crippen molar-refractivity contribution in [3.8, 4) is 11.1 Å². The zero-order chi connectivity index (χ0) is 36.6. The molecule has 15 nitrogen and oxygen atoms in total. The second kappa shape index (κ2) is 25.1. The van der Waals surface area contributed by atoms with Gasteiger partial charge in [-0.05, 0) is 44.1 Å². The van der Waals surface area contributed by atoms with Crippen molar-refractivity contribution in [2.24, 2.45) is 0 Å². The number of hydrogen-bond acceptors (Lipinski definition) is 11. The molecule has 3 amide bonds. The van der Waals surface area contributed by atoms with Crippen molar-refractivity contribution >= 4 is 23.7 Å². The minimum atomic E-state index is -1.34. The van der Waals surface area contributed by atoms with Crippen molar-refractivity contribution in [3.63, 3.8) is 0 Å². The first kappa shape index (κ1) is 42.2. The number of carboxylic acid groups (broad SMARTS) is 1. The van der Waals surface area contributed by atoms with Crippen LogP contribution in [-0.2, 0) is 35.1 Å². The van der Waals surface area contributed by atoms with Gasteiger partial charge in [0.05, 0.1) is 45.4 Å². The lowest BCUT2D eigenvalue weighted by molar-refractivity contribution is -0.141. The third kappa shape index (κ3) is 18.2. The van der Waals surface area contributed by atoms with Crippen LogP contribution in [0.3, 0.4) is 0 Å². The number of ether oxygens (including phenoxy) is 2. The molecule has 0 aliphatic heterocycles. The molecule has 2 aromatic rings. The van der Waals surface area contributed by atoms with E-state index in [1.54, 1.807) is 0 Å². The summed E-state index contributed by atoms with van der Waals surface area (Å²) in [6, 6.07) is 15.2. The summed E-state index contributed by atoms with van der Waals surface area (Å²) in [6.07, 6.45) is -1.46. The number of hydrogen-bond donors (Lipinski definition) is 8. The Morgan fingerprint density at radius 3 is 1.88 bits per heavy atom. The standard InChI is InChI=1S/C35H55N7O8/c1-26(43)40-30(23-27-9-11-29(12-10-27)28-7-5-4-6-8-28)35(48)41-31(24-33(45)46)34(47)39-16-20-50-22-21-49-19-15-38-32(44)25-42(17-13-36-2)18-14-37-3/h4-12,26,30-31,36-37,40,43H,13-25H2,1-3H3,(H,38,44)(H,39,47)(H,41,48)(H,45,46)/t26-,30+,31+/m1/s1. The molecule has 0 aromatic heterocycles. The van der Waals surface area contributed by atoms with Crippen LogP contribution in [-0.4, -0.2) is 143 Å². The van der Waals surface area contributed by atoms with E-state index in [-0.39, 0.29) is 38.7 Å². The van der Waals surface area contributed by atoms with Crippen LogP contribution in [0.2, 0.25) is 0 Å². The monoisotopic (exact) mass is 701 g/mol. The minimum Gasteiger partial charge on any atom is -0.481 e. The van der Waals surface area contributed by atoms with Gasteiger partial charge >= 0.3 is 5.97 Å². The van der Waals surface area contributed by atoms with E-state index in [0.717, 1.165) is 42.9 Å². The second-order valence-corrected chi connectivity index (χ2v) is 11.7. The van der Waals surface area contributed by atoms with Gasteiger partial charge < -0.3 is 46.3 Å². The number of nitrogens with zero attached hydrogens (tertiary/aromatic N) is 1. The zero-order valence-electron chi connectivity index (χ0n) is 29.4. The summed E-state index contributed by atoms with van der Waals surface area (Å²) in [6.45, 7) is 6.33. The Morgan fingerprint density at radius 2 is 1.32 bits per heavy atom. The number of likely N-dealkylation sites (N-methyl/N-ethyl adjacent to an activating group) is 2. The van der Waals surface area contributed by atoms with Gasteiger partial charge in [0, 0.05) is 39.3 Å². The van der Waals surface area contributed by atoms with Crippen LogP contribution in [0.25, 0.3) is 11.1 Å². The van der Waals surface area contributed by atoms with Gasteiger partial charge in [0.25, 0.3) is 0 Å². The van der Waals surface area contributed by atoms with Crippen molar-refractivity contribution in [1.29, 1.82) is 0 Å². The summed E-state index contributed by atoms with van der Waals surface area (Å²) in [4.78, 5) is 51.9. The van der Waals surface area contributed by atoms with Crippen LogP contribution >= 0.6 is 0 Å². The topological polar surface area (TPSA) is 203 Å². The van der Waals surface area contributed by atoms with E-state index in [1.807, 2.05) is 68.7 Å². The first-order valence-electron chi connectivity index (χ1n) is 16.9. The highest BCUT2D eigenvalue weighted by molar-refractivity contribution is 5.92. The van der Waals surface area contributed by atoms with E-state index in [2.05, 4.69) is 36.8 Å². The summed E-state index contributed by atoms with van der Waals surface area (Å²) >= 11 is 0. The first-order chi connectivity index (χ1) is 24.1. The summed E-state index contributed by atoms with van der Waals surface area (Å²) < 4.78 is 11.0. The molecule has 278 valence electrons. The normalized spacial score (nSPS) is 13.0. The van der Waals surface area contributed by atoms with E-state index in [1.165, 1.54) is 6.92 Å². The molecule has 0 aliphatic carbocycles. The third-order valence-electron chi connectivity index (χ3n) is 7.48. The Hall–Kier alpha value is -3.96. The molecule has 50 heavy (non-hydrogen) atoms. The van der Waals surface area contributed by atoms with Crippen molar-refractivity contribution in [3.05, 3.63) is 60.2 Å². The molecule has 0 radical (unpaired) electrons. The molecule has 2 aromatic carbocycles. The Bertz CT molecular complexity index is 1260. The maximum atomic E-state index is 13.2. The van der Waals surface area contributed by atoms with Crippen LogP contribution in [0, 0.1) is 0 Å². The third-order valence-corrected chi connectivity index (χ3v) is 7.48. The molecule has 0 unspecified atom stereocenters. The average Bonchev–Trinajstić information content (AvgIpc) is 3.09. The van der Waals surface area contributed by atoms with Gasteiger partial charge in [-0.2, -0.15) is 0 Å². The van der Waals surface area contributed by atoms with Crippen LogP contribution in [0.4, 0.5) is 0 Å². The quantitative estimate of drug-likeness (QED) is 0.0425. The molecule has 2 rings (SSSR count). The smallest absolute Gasteiger partial charge is 0.305 e. The molecule has 0 saturated heterocycles. The highest BCUT2D eigenvalue weighted by atomic mass is 16.5. The van der Waals surface area contributed by atoms with Crippen molar-refractivity contribution in [1.82, 2.24) is 36.8 Å². The Labute approximate surface area is 294 Å². The Morgan fingerprint density at radius 1 is 0.740 bits per heavy atom. The largest absolute Gasteiger partial charge is 0.481 e. The van der Waals surface area contributed by atoms with Crippen LogP contribution < -0.4 is 31.9 Å². The van der Waals surface area contributed by atoms with Crippen molar-refractivity contribution in [2.45, 2.75) is 38.1 Å². The SMILES string of the molecule is CNCCN(CCNC)CC(=O)NCCOCCOCCNC(=O)[C@H](CC(=O)O)NC(=O)[C@H](Cc1ccc(-c2ccccc2)cc1)N[C@@H](C)O. The van der Waals surface area contributed by atoms with Crippen molar-refractivity contribution in [2.75, 3.05) is 86.3 Å². The first-order valence-corrected chi connectivity index (χ1v) is 16.9. The van der Waals surface area contributed by atoms with Gasteiger partial charge in [-0.25, -0.2) is 0 Å². The van der Waals surface area contributed by atoms with Gasteiger partial charge in [-0.15, -0.1) is 0 Å². The zero-order valence-corrected chi connectivity index (χ0v) is 29.4. The molecular weight excluding hydrogens is 646 g/mol. The van der Waals surface area contributed by atoms with Crippen LogP contribution in [0.5, 0.6) is 0 Å². The van der Waals surface area contributed by atoms with Gasteiger partial charge in [-0.3, -0.25) is 29.4 Å². The maximum absolute atomic E-state index is 13.2. The Balaban J connectivity index is 1.73. The number of aliphatic carboxylic acids is 1. The van der Waals surface area contributed by atoms with Crippen LogP contribution in [0.1, 0.15) is 18.9 Å². The number of carboxylic acids is 1. The molecule has 0 bridgehead atoms. The van der Waals surface area contributed by atoms with Gasteiger partial charge in [0.2, 0.25) is 17.7 Å². The molecule has 15 heteroatoms. The Kier molecular flexibility index (Phi) is 21.2. The fraction of sp³-hybridized carbons (Fsp3) is 0.543. The van der Waals surface area contributed by atoms with Crippen molar-refractivity contribution < 1.29 is 38.9 Å². The molecule has 0 heterocycles. The number of amides is 3. The van der Waals surface area contributed by atoms with E-state index < -0.39 is 42.5 Å². The summed E-state index contributed by atoms with van der Waals surface area (Å²) in [5.41, 5.74) is 2.87.